The average molecular weight is 273 g/mol. The smallest absolute Gasteiger partial charge is 0.113 e. The van der Waals surface area contributed by atoms with Crippen LogP contribution < -0.4 is 5.32 Å². The molecule has 1 heterocycles. The standard InChI is InChI=1S/C14H13ClN4/c1-16-9-10-8-11(15)6-7-13(10)19-14-5-3-2-4-12(14)17-18-19/h2-8,16H,9H2,1H3. The highest BCUT2D eigenvalue weighted by molar-refractivity contribution is 6.30. The molecule has 0 amide bonds. The highest BCUT2D eigenvalue weighted by Crippen LogP contribution is 2.22. The molecule has 0 aliphatic carbocycles. The Morgan fingerprint density at radius 3 is 2.89 bits per heavy atom. The van der Waals surface area contributed by atoms with Crippen LogP contribution in [0.2, 0.25) is 5.02 Å². The van der Waals surface area contributed by atoms with Crippen LogP contribution in [0, 0.1) is 0 Å². The van der Waals surface area contributed by atoms with Crippen LogP contribution in [0.3, 0.4) is 0 Å². The summed E-state index contributed by atoms with van der Waals surface area (Å²) in [4.78, 5) is 0. The van der Waals surface area contributed by atoms with E-state index < -0.39 is 0 Å². The second-order valence-electron chi connectivity index (χ2n) is 4.29. The van der Waals surface area contributed by atoms with E-state index in [0.717, 1.165) is 33.9 Å². The molecule has 1 aromatic heterocycles. The van der Waals surface area contributed by atoms with Crippen LogP contribution in [-0.2, 0) is 6.54 Å². The minimum atomic E-state index is 0.721. The lowest BCUT2D eigenvalue weighted by atomic mass is 10.1. The second-order valence-corrected chi connectivity index (χ2v) is 4.73. The number of para-hydroxylation sites is 1. The van der Waals surface area contributed by atoms with Crippen molar-refractivity contribution in [3.05, 3.63) is 53.1 Å². The molecule has 19 heavy (non-hydrogen) atoms. The lowest BCUT2D eigenvalue weighted by Gasteiger charge is -2.10. The average Bonchev–Trinajstić information content (AvgIpc) is 2.83. The summed E-state index contributed by atoms with van der Waals surface area (Å²) in [5, 5.41) is 12.3. The van der Waals surface area contributed by atoms with Crippen molar-refractivity contribution in [3.63, 3.8) is 0 Å². The highest BCUT2D eigenvalue weighted by Gasteiger charge is 2.10. The normalized spacial score (nSPS) is 11.1. The maximum Gasteiger partial charge on any atom is 0.113 e. The quantitative estimate of drug-likeness (QED) is 0.797. The van der Waals surface area contributed by atoms with Gasteiger partial charge < -0.3 is 5.32 Å². The predicted octanol–water partition coefficient (Wildman–Crippen LogP) is 2.79. The van der Waals surface area contributed by atoms with Gasteiger partial charge in [-0.1, -0.05) is 28.9 Å². The van der Waals surface area contributed by atoms with E-state index in [9.17, 15) is 0 Å². The van der Waals surface area contributed by atoms with Gasteiger partial charge in [0.1, 0.15) is 5.52 Å². The summed E-state index contributed by atoms with van der Waals surface area (Å²) in [7, 11) is 1.91. The number of hydrogen-bond acceptors (Lipinski definition) is 3. The van der Waals surface area contributed by atoms with Gasteiger partial charge in [-0.05, 0) is 42.9 Å². The highest BCUT2D eigenvalue weighted by atomic mass is 35.5. The van der Waals surface area contributed by atoms with Crippen LogP contribution in [0.5, 0.6) is 0 Å². The van der Waals surface area contributed by atoms with Gasteiger partial charge in [0.2, 0.25) is 0 Å². The number of rotatable bonds is 3. The van der Waals surface area contributed by atoms with E-state index in [1.165, 1.54) is 0 Å². The Kier molecular flexibility index (Phi) is 3.19. The first kappa shape index (κ1) is 12.1. The maximum absolute atomic E-state index is 6.06. The number of aromatic nitrogens is 3. The zero-order valence-corrected chi connectivity index (χ0v) is 11.2. The molecule has 3 aromatic rings. The summed E-state index contributed by atoms with van der Waals surface area (Å²) in [5.41, 5.74) is 3.95. The number of benzene rings is 2. The van der Waals surface area contributed by atoms with Crippen molar-refractivity contribution in [2.24, 2.45) is 0 Å². The van der Waals surface area contributed by atoms with Crippen molar-refractivity contribution >= 4 is 22.6 Å². The van der Waals surface area contributed by atoms with E-state index in [4.69, 9.17) is 11.6 Å². The summed E-state index contributed by atoms with van der Waals surface area (Å²) in [6.45, 7) is 0.726. The summed E-state index contributed by atoms with van der Waals surface area (Å²) in [6.07, 6.45) is 0. The third-order valence-corrected chi connectivity index (χ3v) is 3.22. The number of hydrogen-bond donors (Lipinski definition) is 1. The van der Waals surface area contributed by atoms with Gasteiger partial charge in [0.05, 0.1) is 11.2 Å². The van der Waals surface area contributed by atoms with Crippen LogP contribution in [-0.4, -0.2) is 22.0 Å². The molecule has 0 fully saturated rings. The lowest BCUT2D eigenvalue weighted by Crippen LogP contribution is -2.09. The van der Waals surface area contributed by atoms with Crippen LogP contribution in [0.15, 0.2) is 42.5 Å². The van der Waals surface area contributed by atoms with Crippen LogP contribution >= 0.6 is 11.6 Å². The zero-order chi connectivity index (χ0) is 13.2. The molecule has 2 aromatic carbocycles. The molecule has 0 aliphatic rings. The van der Waals surface area contributed by atoms with Gasteiger partial charge in [-0.3, -0.25) is 0 Å². The number of nitrogens with one attached hydrogen (secondary N) is 1. The molecule has 0 atom stereocenters. The van der Waals surface area contributed by atoms with Crippen LogP contribution in [0.25, 0.3) is 16.7 Å². The Bertz CT molecular complexity index is 720. The first-order chi connectivity index (χ1) is 9.29. The fourth-order valence-corrected chi connectivity index (χ4v) is 2.33. The SMILES string of the molecule is CNCc1cc(Cl)ccc1-n1nnc2ccccc21. The summed E-state index contributed by atoms with van der Waals surface area (Å²) < 4.78 is 1.85. The fourth-order valence-electron chi connectivity index (χ4n) is 2.14. The van der Waals surface area contributed by atoms with Gasteiger partial charge in [-0.15, -0.1) is 5.10 Å². The zero-order valence-electron chi connectivity index (χ0n) is 10.5. The van der Waals surface area contributed by atoms with Crippen molar-refractivity contribution in [2.75, 3.05) is 7.05 Å². The minimum Gasteiger partial charge on any atom is -0.316 e. The van der Waals surface area contributed by atoms with Gasteiger partial charge in [0.25, 0.3) is 0 Å². The third-order valence-electron chi connectivity index (χ3n) is 2.99. The molecule has 0 saturated carbocycles. The molecule has 0 unspecified atom stereocenters. The molecule has 3 rings (SSSR count). The topological polar surface area (TPSA) is 42.7 Å². The molecule has 0 spiro atoms. The molecule has 1 N–H and O–H groups in total. The van der Waals surface area contributed by atoms with Gasteiger partial charge >= 0.3 is 0 Å². The first-order valence-electron chi connectivity index (χ1n) is 6.03. The Morgan fingerprint density at radius 1 is 1.21 bits per heavy atom. The van der Waals surface area contributed by atoms with E-state index >= 15 is 0 Å². The van der Waals surface area contributed by atoms with Crippen molar-refractivity contribution in [2.45, 2.75) is 6.54 Å². The molecule has 96 valence electrons. The predicted molar refractivity (Wildman–Crippen MR) is 76.6 cm³/mol. The Labute approximate surface area is 116 Å². The summed E-state index contributed by atoms with van der Waals surface area (Å²) in [5.74, 6) is 0. The van der Waals surface area contributed by atoms with E-state index in [1.54, 1.807) is 0 Å². The molecule has 0 bridgehead atoms. The van der Waals surface area contributed by atoms with Crippen LogP contribution in [0.4, 0.5) is 0 Å². The van der Waals surface area contributed by atoms with E-state index in [0.29, 0.717) is 0 Å². The molecule has 0 aliphatic heterocycles. The number of nitrogens with zero attached hydrogens (tertiary/aromatic N) is 3. The third kappa shape index (κ3) is 2.20. The summed E-state index contributed by atoms with van der Waals surface area (Å²) >= 11 is 6.06. The largest absolute Gasteiger partial charge is 0.316 e. The van der Waals surface area contributed by atoms with Gasteiger partial charge in [0, 0.05) is 11.6 Å². The molecule has 5 heteroatoms. The number of halogens is 1. The van der Waals surface area contributed by atoms with Gasteiger partial charge in [-0.25, -0.2) is 4.68 Å². The molecular formula is C14H13ClN4. The molecular weight excluding hydrogens is 260 g/mol. The maximum atomic E-state index is 6.06. The van der Waals surface area contributed by atoms with E-state index in [1.807, 2.05) is 54.2 Å². The molecule has 0 radical (unpaired) electrons. The minimum absolute atomic E-state index is 0.721. The van der Waals surface area contributed by atoms with Crippen molar-refractivity contribution in [3.8, 4) is 5.69 Å². The van der Waals surface area contributed by atoms with Crippen molar-refractivity contribution in [1.82, 2.24) is 20.3 Å². The molecule has 4 nitrogen and oxygen atoms in total. The number of fused-ring (bicyclic) bond motifs is 1. The Hall–Kier alpha value is -1.91. The second kappa shape index (κ2) is 4.99. The lowest BCUT2D eigenvalue weighted by molar-refractivity contribution is 0.775. The Balaban J connectivity index is 2.21. The Morgan fingerprint density at radius 2 is 2.05 bits per heavy atom. The van der Waals surface area contributed by atoms with Gasteiger partial charge in [0.15, 0.2) is 0 Å². The van der Waals surface area contributed by atoms with Gasteiger partial charge in [-0.2, -0.15) is 0 Å². The molecule has 0 saturated heterocycles. The fraction of sp³-hybridized carbons (Fsp3) is 0.143. The summed E-state index contributed by atoms with van der Waals surface area (Å²) in [6, 6.07) is 13.7. The monoisotopic (exact) mass is 272 g/mol. The van der Waals surface area contributed by atoms with Crippen molar-refractivity contribution < 1.29 is 0 Å². The first-order valence-corrected chi connectivity index (χ1v) is 6.41. The van der Waals surface area contributed by atoms with Crippen LogP contribution in [0.1, 0.15) is 5.56 Å². The van der Waals surface area contributed by atoms with E-state index in [-0.39, 0.29) is 0 Å². The van der Waals surface area contributed by atoms with E-state index in [2.05, 4.69) is 15.6 Å². The van der Waals surface area contributed by atoms with Crippen molar-refractivity contribution in [1.29, 1.82) is 0 Å².